The van der Waals surface area contributed by atoms with Crippen LogP contribution in [0.15, 0.2) is 24.3 Å². The molecule has 2 fully saturated rings. The van der Waals surface area contributed by atoms with Gasteiger partial charge in [0.05, 0.1) is 0 Å². The number of hydrogen-bond donors (Lipinski definition) is 1. The van der Waals surface area contributed by atoms with Crippen LogP contribution in [0, 0.1) is 11.8 Å². The maximum atomic E-state index is 12.6. The minimum atomic E-state index is 0.176. The highest BCUT2D eigenvalue weighted by Gasteiger charge is 2.26. The molecule has 1 aromatic rings. The largest absolute Gasteiger partial charge is 0.328 e. The highest BCUT2D eigenvalue weighted by Crippen LogP contribution is 2.27. The third-order valence-electron chi connectivity index (χ3n) is 5.83. The van der Waals surface area contributed by atoms with Crippen LogP contribution in [0.4, 0.5) is 0 Å². The maximum Gasteiger partial charge on any atom is 0.166 e. The van der Waals surface area contributed by atoms with Gasteiger partial charge >= 0.3 is 0 Å². The molecule has 0 bridgehead atoms. The smallest absolute Gasteiger partial charge is 0.166 e. The third kappa shape index (κ3) is 4.81. The molecule has 1 saturated heterocycles. The highest BCUT2D eigenvalue weighted by atomic mass is 35.5. The summed E-state index contributed by atoms with van der Waals surface area (Å²) in [6, 6.07) is 7.76. The Labute approximate surface area is 150 Å². The van der Waals surface area contributed by atoms with Crippen LogP contribution in [0.3, 0.4) is 0 Å². The number of ketones is 1. The molecule has 1 saturated carbocycles. The van der Waals surface area contributed by atoms with Crippen LogP contribution in [0.5, 0.6) is 0 Å². The summed E-state index contributed by atoms with van der Waals surface area (Å²) >= 11 is 5.90. The Kier molecular flexibility index (Phi) is 6.31. The normalized spacial score (nSPS) is 26.4. The van der Waals surface area contributed by atoms with Crippen molar-refractivity contribution in [3.05, 3.63) is 34.9 Å². The van der Waals surface area contributed by atoms with E-state index in [1.807, 2.05) is 12.1 Å². The van der Waals surface area contributed by atoms with Crippen molar-refractivity contribution in [3.8, 4) is 0 Å². The molecule has 3 nitrogen and oxygen atoms in total. The van der Waals surface area contributed by atoms with E-state index >= 15 is 0 Å². The van der Waals surface area contributed by atoms with Crippen molar-refractivity contribution in [1.29, 1.82) is 0 Å². The molecule has 0 unspecified atom stereocenters. The first kappa shape index (κ1) is 17.9. The van der Waals surface area contributed by atoms with Crippen molar-refractivity contribution in [3.63, 3.8) is 0 Å². The van der Waals surface area contributed by atoms with E-state index in [4.69, 9.17) is 17.3 Å². The van der Waals surface area contributed by atoms with Gasteiger partial charge in [-0.15, -0.1) is 0 Å². The lowest BCUT2D eigenvalue weighted by Crippen LogP contribution is -2.38. The van der Waals surface area contributed by atoms with Gasteiger partial charge in [0.25, 0.3) is 0 Å². The van der Waals surface area contributed by atoms with Crippen molar-refractivity contribution < 1.29 is 4.79 Å². The molecule has 0 amide bonds. The van der Waals surface area contributed by atoms with Crippen molar-refractivity contribution in [2.45, 2.75) is 51.0 Å². The van der Waals surface area contributed by atoms with Gasteiger partial charge in [0.1, 0.15) is 0 Å². The molecule has 0 radical (unpaired) electrons. The lowest BCUT2D eigenvalue weighted by Gasteiger charge is -2.33. The number of Topliss-reactive ketones (excluding diaryl/α,β-unsaturated/α-hetero) is 1. The predicted octanol–water partition coefficient (Wildman–Crippen LogP) is 4.14. The van der Waals surface area contributed by atoms with Crippen LogP contribution in [0.1, 0.15) is 55.3 Å². The van der Waals surface area contributed by atoms with Crippen molar-refractivity contribution in [1.82, 2.24) is 4.90 Å². The predicted molar refractivity (Wildman–Crippen MR) is 99.5 cm³/mol. The summed E-state index contributed by atoms with van der Waals surface area (Å²) in [5.41, 5.74) is 6.79. The molecule has 24 heavy (non-hydrogen) atoms. The van der Waals surface area contributed by atoms with E-state index < -0.39 is 0 Å². The molecule has 0 spiro atoms. The second-order valence-electron chi connectivity index (χ2n) is 7.56. The zero-order valence-corrected chi connectivity index (χ0v) is 15.2. The zero-order valence-electron chi connectivity index (χ0n) is 14.4. The molecule has 3 rings (SSSR count). The molecule has 0 aromatic heterocycles. The van der Waals surface area contributed by atoms with Crippen molar-refractivity contribution in [2.24, 2.45) is 17.6 Å². The molecule has 132 valence electrons. The van der Waals surface area contributed by atoms with Gasteiger partial charge in [-0.3, -0.25) is 4.79 Å². The molecular weight excluding hydrogens is 320 g/mol. The summed E-state index contributed by atoms with van der Waals surface area (Å²) in [5, 5.41) is 0.685. The van der Waals surface area contributed by atoms with E-state index in [0.29, 0.717) is 11.1 Å². The minimum Gasteiger partial charge on any atom is -0.328 e. The second-order valence-corrected chi connectivity index (χ2v) is 7.99. The van der Waals surface area contributed by atoms with E-state index in [1.165, 1.54) is 38.6 Å². The number of hydrogen-bond acceptors (Lipinski definition) is 3. The number of nitrogens with two attached hydrogens (primary N) is 1. The van der Waals surface area contributed by atoms with E-state index in [-0.39, 0.29) is 11.7 Å². The van der Waals surface area contributed by atoms with Crippen LogP contribution in [-0.4, -0.2) is 36.4 Å². The van der Waals surface area contributed by atoms with Crippen LogP contribution in [0.2, 0.25) is 5.02 Å². The Morgan fingerprint density at radius 1 is 1.04 bits per heavy atom. The number of nitrogens with zero attached hydrogens (tertiary/aromatic N) is 1. The summed E-state index contributed by atoms with van der Waals surface area (Å²) in [5.74, 6) is 1.32. The molecule has 1 heterocycles. The lowest BCUT2D eigenvalue weighted by molar-refractivity contribution is 0.0833. The number of likely N-dealkylation sites (tertiary alicyclic amines) is 1. The molecule has 2 N–H and O–H groups in total. The Balaban J connectivity index is 1.40. The minimum absolute atomic E-state index is 0.176. The molecule has 1 aromatic carbocycles. The summed E-state index contributed by atoms with van der Waals surface area (Å²) < 4.78 is 0. The van der Waals surface area contributed by atoms with E-state index in [1.54, 1.807) is 12.1 Å². The monoisotopic (exact) mass is 348 g/mol. The maximum absolute atomic E-state index is 12.6. The number of piperidine rings is 1. The van der Waals surface area contributed by atoms with Gasteiger partial charge < -0.3 is 10.6 Å². The highest BCUT2D eigenvalue weighted by molar-refractivity contribution is 6.30. The Bertz CT molecular complexity index is 529. The number of carbonyl (C=O) groups excluding carboxylic acids is 1. The van der Waals surface area contributed by atoms with Gasteiger partial charge in [0.15, 0.2) is 5.78 Å². The summed E-state index contributed by atoms with van der Waals surface area (Å²) in [6.45, 7) is 3.29. The summed E-state index contributed by atoms with van der Waals surface area (Å²) in [4.78, 5) is 15.1. The van der Waals surface area contributed by atoms with Crippen LogP contribution < -0.4 is 5.73 Å². The van der Waals surface area contributed by atoms with E-state index in [0.717, 1.165) is 37.4 Å². The van der Waals surface area contributed by atoms with Gasteiger partial charge in [-0.05, 0) is 94.8 Å². The molecule has 4 heteroatoms. The van der Waals surface area contributed by atoms with Crippen LogP contribution >= 0.6 is 11.6 Å². The second kappa shape index (κ2) is 8.46. The molecular formula is C20H29ClN2O. The Morgan fingerprint density at radius 2 is 1.67 bits per heavy atom. The first-order valence-corrected chi connectivity index (χ1v) is 9.77. The van der Waals surface area contributed by atoms with Gasteiger partial charge in [-0.2, -0.15) is 0 Å². The summed E-state index contributed by atoms with van der Waals surface area (Å²) in [6.07, 6.45) is 8.25. The molecule has 1 aliphatic heterocycles. The topological polar surface area (TPSA) is 46.3 Å². The molecule has 2 aliphatic rings. The van der Waals surface area contributed by atoms with Crippen molar-refractivity contribution in [2.75, 3.05) is 19.6 Å². The van der Waals surface area contributed by atoms with E-state index in [2.05, 4.69) is 4.90 Å². The van der Waals surface area contributed by atoms with Gasteiger partial charge in [0, 0.05) is 22.5 Å². The number of carbonyl (C=O) groups is 1. The molecule has 1 aliphatic carbocycles. The average Bonchev–Trinajstić information content (AvgIpc) is 2.62. The third-order valence-corrected chi connectivity index (χ3v) is 6.08. The van der Waals surface area contributed by atoms with Gasteiger partial charge in [-0.25, -0.2) is 0 Å². The average molecular weight is 349 g/mol. The SMILES string of the molecule is N[C@H]1CC[C@H](CCN2CCC(C(=O)c3ccc(Cl)cc3)CC2)CC1. The lowest BCUT2D eigenvalue weighted by atomic mass is 9.84. The molecule has 0 atom stereocenters. The summed E-state index contributed by atoms with van der Waals surface area (Å²) in [7, 11) is 0. The van der Waals surface area contributed by atoms with Gasteiger partial charge in [-0.1, -0.05) is 11.6 Å². The Morgan fingerprint density at radius 3 is 2.29 bits per heavy atom. The van der Waals surface area contributed by atoms with Crippen molar-refractivity contribution >= 4 is 17.4 Å². The van der Waals surface area contributed by atoms with Crippen LogP contribution in [-0.2, 0) is 0 Å². The standard InChI is InChI=1S/C20H29ClN2O/c21-18-5-3-16(4-6-18)20(24)17-10-13-23(14-11-17)12-9-15-1-7-19(22)8-2-15/h3-6,15,17,19H,1-2,7-14,22H2/t15-,19-. The van der Waals surface area contributed by atoms with Crippen LogP contribution in [0.25, 0.3) is 0 Å². The Hall–Kier alpha value is -0.900. The fourth-order valence-corrected chi connectivity index (χ4v) is 4.24. The quantitative estimate of drug-likeness (QED) is 0.813. The fourth-order valence-electron chi connectivity index (χ4n) is 4.11. The van der Waals surface area contributed by atoms with E-state index in [9.17, 15) is 4.79 Å². The zero-order chi connectivity index (χ0) is 16.9. The number of rotatable bonds is 5. The van der Waals surface area contributed by atoms with Gasteiger partial charge in [0.2, 0.25) is 0 Å². The number of halogens is 1. The fraction of sp³-hybridized carbons (Fsp3) is 0.650. The first-order chi connectivity index (χ1) is 11.6. The first-order valence-electron chi connectivity index (χ1n) is 9.39. The number of benzene rings is 1.